The van der Waals surface area contributed by atoms with E-state index in [0.717, 1.165) is 24.2 Å². The summed E-state index contributed by atoms with van der Waals surface area (Å²) >= 11 is 0. The van der Waals surface area contributed by atoms with E-state index in [4.69, 9.17) is 0 Å². The van der Waals surface area contributed by atoms with Crippen LogP contribution in [0.25, 0.3) is 0 Å². The average molecular weight is 409 g/mol. The Morgan fingerprint density at radius 1 is 0.759 bits per heavy atom. The average Bonchev–Trinajstić information content (AvgIpc) is 2.72. The lowest BCUT2D eigenvalue weighted by Gasteiger charge is -2.41. The van der Waals surface area contributed by atoms with Crippen molar-refractivity contribution in [1.82, 2.24) is 0 Å². The van der Waals surface area contributed by atoms with E-state index in [1.54, 1.807) is 0 Å². The Hall–Kier alpha value is -0.0700. The molecule has 5 atom stereocenters. The summed E-state index contributed by atoms with van der Waals surface area (Å²) in [7, 11) is 0. The second kappa shape index (κ2) is 14.1. The van der Waals surface area contributed by atoms with Gasteiger partial charge in [0.15, 0.2) is 0 Å². The Kier molecular flexibility index (Phi) is 12.2. The maximum absolute atomic E-state index is 15.1. The quantitative estimate of drug-likeness (QED) is 0.284. The second-order valence-corrected chi connectivity index (χ2v) is 11.0. The van der Waals surface area contributed by atoms with E-state index in [0.29, 0.717) is 17.8 Å². The molecule has 5 unspecified atom stereocenters. The second-order valence-electron chi connectivity index (χ2n) is 11.0. The molecule has 0 spiro atoms. The van der Waals surface area contributed by atoms with Crippen LogP contribution < -0.4 is 0 Å². The standard InChI is InChI=1S/C28H53F/c1-5-8-14-24(11-7-3)25-16-18-26(19-17-25)27-20-15-23(21-28(27)29)13-9-12-22(4)10-6-2/h22-28H,5-21H2,1-4H3. The van der Waals surface area contributed by atoms with E-state index in [2.05, 4.69) is 27.7 Å². The highest BCUT2D eigenvalue weighted by Gasteiger charge is 2.38. The normalized spacial score (nSPS) is 32.8. The molecular formula is C28H53F. The van der Waals surface area contributed by atoms with E-state index in [1.807, 2.05) is 0 Å². The molecule has 0 bridgehead atoms. The van der Waals surface area contributed by atoms with Gasteiger partial charge in [0.2, 0.25) is 0 Å². The van der Waals surface area contributed by atoms with Crippen molar-refractivity contribution in [3.05, 3.63) is 0 Å². The molecule has 0 aromatic heterocycles. The van der Waals surface area contributed by atoms with Crippen LogP contribution in [0, 0.1) is 35.5 Å². The van der Waals surface area contributed by atoms with Gasteiger partial charge >= 0.3 is 0 Å². The van der Waals surface area contributed by atoms with Gasteiger partial charge in [-0.05, 0) is 80.5 Å². The number of hydrogen-bond donors (Lipinski definition) is 0. The van der Waals surface area contributed by atoms with Crippen molar-refractivity contribution < 1.29 is 4.39 Å². The van der Waals surface area contributed by atoms with Gasteiger partial charge in [-0.15, -0.1) is 0 Å². The summed E-state index contributed by atoms with van der Waals surface area (Å²) in [6, 6.07) is 0. The first-order chi connectivity index (χ1) is 14.1. The smallest absolute Gasteiger partial charge is 0.103 e. The van der Waals surface area contributed by atoms with Gasteiger partial charge in [-0.2, -0.15) is 0 Å². The van der Waals surface area contributed by atoms with E-state index in [9.17, 15) is 0 Å². The summed E-state index contributed by atoms with van der Waals surface area (Å²) in [6.45, 7) is 9.35. The molecule has 2 saturated carbocycles. The van der Waals surface area contributed by atoms with Gasteiger partial charge in [-0.1, -0.05) is 91.9 Å². The summed E-state index contributed by atoms with van der Waals surface area (Å²) in [6.07, 6.45) is 21.8. The van der Waals surface area contributed by atoms with Crippen LogP contribution >= 0.6 is 0 Å². The zero-order chi connectivity index (χ0) is 21.1. The van der Waals surface area contributed by atoms with Crippen LogP contribution in [0.2, 0.25) is 0 Å². The van der Waals surface area contributed by atoms with Crippen molar-refractivity contribution in [2.45, 2.75) is 143 Å². The summed E-state index contributed by atoms with van der Waals surface area (Å²) in [4.78, 5) is 0. The van der Waals surface area contributed by atoms with Crippen LogP contribution in [0.5, 0.6) is 0 Å². The van der Waals surface area contributed by atoms with Crippen molar-refractivity contribution in [1.29, 1.82) is 0 Å². The van der Waals surface area contributed by atoms with Crippen molar-refractivity contribution in [2.75, 3.05) is 0 Å². The molecule has 0 saturated heterocycles. The van der Waals surface area contributed by atoms with Gasteiger partial charge in [0, 0.05) is 0 Å². The van der Waals surface area contributed by atoms with Gasteiger partial charge in [-0.25, -0.2) is 4.39 Å². The lowest BCUT2D eigenvalue weighted by Crippen LogP contribution is -2.34. The van der Waals surface area contributed by atoms with Gasteiger partial charge in [0.1, 0.15) is 6.17 Å². The van der Waals surface area contributed by atoms with E-state index in [1.165, 1.54) is 103 Å². The molecule has 0 N–H and O–H groups in total. The summed E-state index contributed by atoms with van der Waals surface area (Å²) in [5, 5.41) is 0. The van der Waals surface area contributed by atoms with Crippen LogP contribution in [0.3, 0.4) is 0 Å². The third-order valence-corrected chi connectivity index (χ3v) is 8.70. The lowest BCUT2D eigenvalue weighted by atomic mass is 9.65. The maximum atomic E-state index is 15.1. The van der Waals surface area contributed by atoms with E-state index >= 15 is 4.39 Å². The zero-order valence-corrected chi connectivity index (χ0v) is 20.4. The number of rotatable bonds is 13. The molecule has 0 radical (unpaired) electrons. The first-order valence-corrected chi connectivity index (χ1v) is 13.7. The Balaban J connectivity index is 1.70. The lowest BCUT2D eigenvalue weighted by molar-refractivity contribution is 0.0482. The molecule has 0 aromatic carbocycles. The molecule has 2 aliphatic carbocycles. The Morgan fingerprint density at radius 2 is 1.48 bits per heavy atom. The Labute approximate surface area is 183 Å². The predicted octanol–water partition coefficient (Wildman–Crippen LogP) is 9.76. The van der Waals surface area contributed by atoms with Crippen LogP contribution in [-0.2, 0) is 0 Å². The highest BCUT2D eigenvalue weighted by atomic mass is 19.1. The van der Waals surface area contributed by atoms with Crippen LogP contribution in [0.15, 0.2) is 0 Å². The number of hydrogen-bond acceptors (Lipinski definition) is 0. The molecule has 29 heavy (non-hydrogen) atoms. The maximum Gasteiger partial charge on any atom is 0.103 e. The Morgan fingerprint density at radius 3 is 2.10 bits per heavy atom. The minimum atomic E-state index is -0.505. The van der Waals surface area contributed by atoms with Gasteiger partial charge in [0.25, 0.3) is 0 Å². The van der Waals surface area contributed by atoms with Gasteiger partial charge in [-0.3, -0.25) is 0 Å². The molecule has 0 heterocycles. The number of unbranched alkanes of at least 4 members (excludes halogenated alkanes) is 1. The van der Waals surface area contributed by atoms with Crippen LogP contribution in [0.4, 0.5) is 4.39 Å². The first kappa shape index (κ1) is 25.2. The fourth-order valence-corrected chi connectivity index (χ4v) is 6.90. The molecule has 2 rings (SSSR count). The minimum Gasteiger partial charge on any atom is -0.247 e. The molecule has 1 heteroatoms. The molecule has 0 aliphatic heterocycles. The summed E-state index contributed by atoms with van der Waals surface area (Å²) < 4.78 is 15.1. The third kappa shape index (κ3) is 8.53. The largest absolute Gasteiger partial charge is 0.247 e. The van der Waals surface area contributed by atoms with Crippen molar-refractivity contribution in [3.8, 4) is 0 Å². The number of halogens is 1. The summed E-state index contributed by atoms with van der Waals surface area (Å²) in [5.74, 6) is 4.52. The Bertz CT molecular complexity index is 397. The van der Waals surface area contributed by atoms with Crippen molar-refractivity contribution in [2.24, 2.45) is 35.5 Å². The molecule has 0 aromatic rings. The zero-order valence-electron chi connectivity index (χ0n) is 20.4. The predicted molar refractivity (Wildman–Crippen MR) is 127 cm³/mol. The number of alkyl halides is 1. The molecule has 2 aliphatic rings. The SMILES string of the molecule is CCCCC(CCC)C1CCC(C2CCC(CCCC(C)CCC)CC2F)CC1. The molecule has 2 fully saturated rings. The summed E-state index contributed by atoms with van der Waals surface area (Å²) in [5.41, 5.74) is 0. The van der Waals surface area contributed by atoms with Crippen molar-refractivity contribution in [3.63, 3.8) is 0 Å². The van der Waals surface area contributed by atoms with Gasteiger partial charge < -0.3 is 0 Å². The third-order valence-electron chi connectivity index (χ3n) is 8.70. The molecule has 172 valence electrons. The highest BCUT2D eigenvalue weighted by Crippen LogP contribution is 2.46. The van der Waals surface area contributed by atoms with Crippen molar-refractivity contribution >= 4 is 0 Å². The highest BCUT2D eigenvalue weighted by molar-refractivity contribution is 4.88. The fraction of sp³-hybridized carbons (Fsp3) is 1.00. The molecular weight excluding hydrogens is 355 g/mol. The topological polar surface area (TPSA) is 0 Å². The van der Waals surface area contributed by atoms with E-state index < -0.39 is 6.17 Å². The minimum absolute atomic E-state index is 0.395. The van der Waals surface area contributed by atoms with Gasteiger partial charge in [0.05, 0.1) is 0 Å². The monoisotopic (exact) mass is 408 g/mol. The molecule has 0 nitrogen and oxygen atoms in total. The van der Waals surface area contributed by atoms with Crippen LogP contribution in [-0.4, -0.2) is 6.17 Å². The fourth-order valence-electron chi connectivity index (χ4n) is 6.90. The van der Waals surface area contributed by atoms with Crippen LogP contribution in [0.1, 0.15) is 137 Å². The molecule has 0 amide bonds. The first-order valence-electron chi connectivity index (χ1n) is 13.7. The van der Waals surface area contributed by atoms with E-state index in [-0.39, 0.29) is 0 Å².